The summed E-state index contributed by atoms with van der Waals surface area (Å²) in [4.78, 5) is 36.4. The van der Waals surface area contributed by atoms with Crippen molar-refractivity contribution < 1.29 is 19.5 Å². The van der Waals surface area contributed by atoms with Crippen LogP contribution in [0, 0.1) is 14.3 Å². The number of carbonyl (C=O) groups is 3. The number of benzene rings is 1. The zero-order valence-electron chi connectivity index (χ0n) is 9.55. The van der Waals surface area contributed by atoms with Crippen LogP contribution >= 0.6 is 90.4 Å². The average molecular weight is 723 g/mol. The highest BCUT2D eigenvalue weighted by Gasteiger charge is 2.40. The quantitative estimate of drug-likeness (QED) is 0.226. The highest BCUT2D eigenvalue weighted by atomic mass is 127. The first-order valence-electron chi connectivity index (χ1n) is 5.21. The van der Waals surface area contributed by atoms with Crippen molar-refractivity contribution in [1.29, 1.82) is 0 Å². The second-order valence-corrected chi connectivity index (χ2v) is 8.23. The largest absolute Gasteiger partial charge is 0.481 e. The Labute approximate surface area is 168 Å². The molecule has 2 amide bonds. The van der Waals surface area contributed by atoms with Gasteiger partial charge in [0.25, 0.3) is 11.8 Å². The Morgan fingerprint density at radius 2 is 1.30 bits per heavy atom. The van der Waals surface area contributed by atoms with E-state index >= 15 is 0 Å². The molecule has 1 N–H and O–H groups in total. The van der Waals surface area contributed by atoms with E-state index in [9.17, 15) is 14.4 Å². The average Bonchev–Trinajstić information content (AvgIpc) is 2.63. The molecule has 0 bridgehead atoms. The minimum atomic E-state index is -1.03. The molecule has 5 nitrogen and oxygen atoms in total. The van der Waals surface area contributed by atoms with Crippen LogP contribution in [0.3, 0.4) is 0 Å². The van der Waals surface area contributed by atoms with Crippen LogP contribution < -0.4 is 0 Å². The molecule has 0 saturated heterocycles. The summed E-state index contributed by atoms with van der Waals surface area (Å²) < 4.78 is 3.37. The molecule has 2 rings (SSSR count). The second-order valence-electron chi connectivity index (χ2n) is 3.91. The molecule has 0 spiro atoms. The van der Waals surface area contributed by atoms with Gasteiger partial charge in [-0.25, -0.2) is 0 Å². The van der Waals surface area contributed by atoms with Gasteiger partial charge in [-0.15, -0.1) is 0 Å². The molecule has 0 fully saturated rings. The molecule has 0 aliphatic carbocycles. The highest BCUT2D eigenvalue weighted by Crippen LogP contribution is 2.37. The molecule has 0 saturated carbocycles. The van der Waals surface area contributed by atoms with Crippen molar-refractivity contribution in [2.75, 3.05) is 6.54 Å². The van der Waals surface area contributed by atoms with Crippen molar-refractivity contribution in [3.63, 3.8) is 0 Å². The third-order valence-corrected chi connectivity index (χ3v) is 10.1. The summed E-state index contributed by atoms with van der Waals surface area (Å²) >= 11 is 8.41. The van der Waals surface area contributed by atoms with Gasteiger partial charge in [0.15, 0.2) is 0 Å². The Bertz CT molecular complexity index is 612. The molecule has 1 aliphatic rings. The van der Waals surface area contributed by atoms with Crippen LogP contribution in [0.2, 0.25) is 0 Å². The second kappa shape index (κ2) is 6.47. The summed E-state index contributed by atoms with van der Waals surface area (Å²) in [6.45, 7) is -0.0962. The molecule has 0 aromatic heterocycles. The molecule has 1 aliphatic heterocycles. The summed E-state index contributed by atoms with van der Waals surface area (Å²) in [5, 5.41) is 8.71. The van der Waals surface area contributed by atoms with Gasteiger partial charge in [-0.05, 0) is 90.4 Å². The van der Waals surface area contributed by atoms with Crippen molar-refractivity contribution in [1.82, 2.24) is 4.90 Å². The normalized spacial score (nSPS) is 13.9. The maximum atomic E-state index is 12.4. The van der Waals surface area contributed by atoms with Gasteiger partial charge in [0.2, 0.25) is 0 Å². The number of carbonyl (C=O) groups excluding carboxylic acids is 2. The zero-order chi connectivity index (χ0) is 15.2. The van der Waals surface area contributed by atoms with E-state index in [-0.39, 0.29) is 13.0 Å². The molecule has 0 atom stereocenters. The van der Waals surface area contributed by atoms with Crippen LogP contribution in [-0.2, 0) is 4.79 Å². The molecular formula is C11H5I4NO4. The third-order valence-electron chi connectivity index (χ3n) is 2.73. The van der Waals surface area contributed by atoms with Crippen LogP contribution in [0.25, 0.3) is 0 Å². The smallest absolute Gasteiger partial charge is 0.305 e. The van der Waals surface area contributed by atoms with Gasteiger partial charge in [0.1, 0.15) is 0 Å². The molecule has 1 heterocycles. The molecule has 0 radical (unpaired) electrons. The number of nitrogens with zero attached hydrogens (tertiary/aromatic N) is 1. The van der Waals surface area contributed by atoms with Crippen LogP contribution in [0.4, 0.5) is 0 Å². The molecule has 1 aromatic rings. The Morgan fingerprint density at radius 3 is 1.65 bits per heavy atom. The summed E-state index contributed by atoms with van der Waals surface area (Å²) in [6.07, 6.45) is -0.243. The number of hydrogen-bond acceptors (Lipinski definition) is 3. The number of imide groups is 1. The van der Waals surface area contributed by atoms with Crippen molar-refractivity contribution in [3.8, 4) is 0 Å². The molecular weight excluding hydrogens is 718 g/mol. The SMILES string of the molecule is O=C(O)CCN1C(=O)c2c(I)c(I)c(I)c(I)c2C1=O. The fraction of sp³-hybridized carbons (Fsp3) is 0.182. The highest BCUT2D eigenvalue weighted by molar-refractivity contribution is 14.1. The summed E-state index contributed by atoms with van der Waals surface area (Å²) in [6, 6.07) is 0. The minimum absolute atomic E-state index is 0.0962. The van der Waals surface area contributed by atoms with Gasteiger partial charge >= 0.3 is 5.97 Å². The van der Waals surface area contributed by atoms with Crippen molar-refractivity contribution >= 4 is 108 Å². The van der Waals surface area contributed by atoms with Gasteiger partial charge in [0.05, 0.1) is 17.5 Å². The first-order valence-corrected chi connectivity index (χ1v) is 9.52. The van der Waals surface area contributed by atoms with Gasteiger partial charge < -0.3 is 5.11 Å². The van der Waals surface area contributed by atoms with Gasteiger partial charge in [0, 0.05) is 20.8 Å². The van der Waals surface area contributed by atoms with E-state index in [0.717, 1.165) is 19.2 Å². The van der Waals surface area contributed by atoms with E-state index in [1.54, 1.807) is 0 Å². The summed E-state index contributed by atoms with van der Waals surface area (Å²) in [5.41, 5.74) is 0.797. The van der Waals surface area contributed by atoms with Crippen molar-refractivity contribution in [2.45, 2.75) is 6.42 Å². The fourth-order valence-corrected chi connectivity index (χ4v) is 5.46. The lowest BCUT2D eigenvalue weighted by atomic mass is 10.1. The number of aliphatic carboxylic acids is 1. The number of carboxylic acids is 1. The zero-order valence-corrected chi connectivity index (χ0v) is 18.2. The monoisotopic (exact) mass is 723 g/mol. The minimum Gasteiger partial charge on any atom is -0.481 e. The lowest BCUT2D eigenvalue weighted by molar-refractivity contribution is -0.137. The Balaban J connectivity index is 2.54. The van der Waals surface area contributed by atoms with Crippen molar-refractivity contribution in [2.24, 2.45) is 0 Å². The van der Waals surface area contributed by atoms with E-state index < -0.39 is 17.8 Å². The molecule has 1 aromatic carbocycles. The van der Waals surface area contributed by atoms with Crippen LogP contribution in [0.1, 0.15) is 27.1 Å². The lowest BCUT2D eigenvalue weighted by Gasteiger charge is -2.11. The fourth-order valence-electron chi connectivity index (χ4n) is 1.81. The predicted molar refractivity (Wildman–Crippen MR) is 105 cm³/mol. The van der Waals surface area contributed by atoms with E-state index in [4.69, 9.17) is 5.11 Å². The van der Waals surface area contributed by atoms with E-state index in [0.29, 0.717) is 11.1 Å². The Hall–Kier alpha value is 0.750. The molecule has 106 valence electrons. The standard InChI is InChI=1S/C11H5I4NO4/c12-6-4-5(7(13)9(15)8(6)14)11(20)16(10(4)19)2-1-3(17)18/h1-2H2,(H,17,18). The molecule has 0 unspecified atom stereocenters. The number of halogens is 4. The number of fused-ring (bicyclic) bond motifs is 1. The first kappa shape index (κ1) is 17.1. The van der Waals surface area contributed by atoms with Gasteiger partial charge in [-0.1, -0.05) is 0 Å². The Kier molecular flexibility index (Phi) is 5.54. The third kappa shape index (κ3) is 2.82. The Morgan fingerprint density at radius 1 is 0.900 bits per heavy atom. The maximum Gasteiger partial charge on any atom is 0.305 e. The van der Waals surface area contributed by atoms with Crippen LogP contribution in [0.15, 0.2) is 0 Å². The van der Waals surface area contributed by atoms with Gasteiger partial charge in [-0.3, -0.25) is 19.3 Å². The van der Waals surface area contributed by atoms with E-state index in [1.165, 1.54) is 0 Å². The number of amides is 2. The maximum absolute atomic E-state index is 12.4. The van der Waals surface area contributed by atoms with Crippen LogP contribution in [0.5, 0.6) is 0 Å². The summed E-state index contributed by atoms with van der Waals surface area (Å²) in [5.74, 6) is -1.83. The number of rotatable bonds is 3. The van der Waals surface area contributed by atoms with Crippen LogP contribution in [-0.4, -0.2) is 34.3 Å². The van der Waals surface area contributed by atoms with E-state index in [1.807, 2.05) is 0 Å². The topological polar surface area (TPSA) is 74.7 Å². The summed E-state index contributed by atoms with van der Waals surface area (Å²) in [7, 11) is 0. The van der Waals surface area contributed by atoms with Gasteiger partial charge in [-0.2, -0.15) is 0 Å². The van der Waals surface area contributed by atoms with Crippen molar-refractivity contribution in [3.05, 3.63) is 25.4 Å². The predicted octanol–water partition coefficient (Wildman–Crippen LogP) is 3.18. The first-order chi connectivity index (χ1) is 9.27. The molecule has 9 heteroatoms. The number of carboxylic acid groups (broad SMARTS) is 1. The number of hydrogen-bond donors (Lipinski definition) is 1. The molecule has 20 heavy (non-hydrogen) atoms. The lowest BCUT2D eigenvalue weighted by Crippen LogP contribution is -2.32. The van der Waals surface area contributed by atoms with E-state index in [2.05, 4.69) is 90.4 Å².